The quantitative estimate of drug-likeness (QED) is 0.625. The minimum atomic E-state index is -0.340. The summed E-state index contributed by atoms with van der Waals surface area (Å²) >= 11 is 3.36. The second-order valence-corrected chi connectivity index (χ2v) is 3.97. The lowest BCUT2D eigenvalue weighted by Crippen LogP contribution is -2.06. The van der Waals surface area contributed by atoms with Crippen molar-refractivity contribution >= 4 is 21.9 Å². The van der Waals surface area contributed by atoms with E-state index in [4.69, 9.17) is 4.74 Å². The molecule has 0 bridgehead atoms. The average molecular weight is 273 g/mol. The molecule has 0 aliphatic rings. The minimum Gasteiger partial charge on any atom is -0.479 e. The van der Waals surface area contributed by atoms with Gasteiger partial charge in [-0.3, -0.25) is 0 Å². The number of alkyl halides is 1. The molecule has 0 saturated heterocycles. The number of esters is 1. The SMILES string of the molecule is CCC(Br)Oc1ccc(C(=O)OC)cc1. The Balaban J connectivity index is 2.68. The van der Waals surface area contributed by atoms with Gasteiger partial charge in [0.1, 0.15) is 5.75 Å². The van der Waals surface area contributed by atoms with Gasteiger partial charge in [0, 0.05) is 0 Å². The van der Waals surface area contributed by atoms with E-state index in [1.807, 2.05) is 6.92 Å². The first kappa shape index (κ1) is 12.0. The molecule has 1 rings (SSSR count). The lowest BCUT2D eigenvalue weighted by Gasteiger charge is -2.10. The van der Waals surface area contributed by atoms with Crippen LogP contribution in [0.4, 0.5) is 0 Å². The van der Waals surface area contributed by atoms with Crippen LogP contribution in [-0.4, -0.2) is 18.1 Å². The van der Waals surface area contributed by atoms with Crippen LogP contribution in [0.1, 0.15) is 23.7 Å². The van der Waals surface area contributed by atoms with Gasteiger partial charge in [0.15, 0.2) is 5.01 Å². The number of methoxy groups -OCH3 is 1. The summed E-state index contributed by atoms with van der Waals surface area (Å²) in [7, 11) is 1.36. The highest BCUT2D eigenvalue weighted by Gasteiger charge is 2.06. The van der Waals surface area contributed by atoms with Crippen LogP contribution in [0, 0.1) is 0 Å². The van der Waals surface area contributed by atoms with Crippen LogP contribution in [0.2, 0.25) is 0 Å². The molecule has 0 aliphatic carbocycles. The number of halogens is 1. The first-order valence-electron chi connectivity index (χ1n) is 4.66. The molecule has 82 valence electrons. The van der Waals surface area contributed by atoms with Gasteiger partial charge in [0.2, 0.25) is 0 Å². The molecule has 1 aromatic carbocycles. The summed E-state index contributed by atoms with van der Waals surface area (Å²) in [4.78, 5) is 11.1. The lowest BCUT2D eigenvalue weighted by molar-refractivity contribution is 0.0600. The van der Waals surface area contributed by atoms with Crippen LogP contribution < -0.4 is 4.74 Å². The summed E-state index contributed by atoms with van der Waals surface area (Å²) in [5.41, 5.74) is 0.521. The van der Waals surface area contributed by atoms with E-state index in [-0.39, 0.29) is 11.0 Å². The van der Waals surface area contributed by atoms with Crippen LogP contribution in [0.15, 0.2) is 24.3 Å². The second-order valence-electron chi connectivity index (χ2n) is 2.95. The van der Waals surface area contributed by atoms with E-state index in [9.17, 15) is 4.79 Å². The maximum absolute atomic E-state index is 11.1. The fourth-order valence-corrected chi connectivity index (χ4v) is 1.23. The molecule has 0 spiro atoms. The standard InChI is InChI=1S/C11H13BrO3/c1-3-10(12)15-9-6-4-8(5-7-9)11(13)14-2/h4-7,10H,3H2,1-2H3. The third kappa shape index (κ3) is 3.55. The van der Waals surface area contributed by atoms with Crippen molar-refractivity contribution in [2.75, 3.05) is 7.11 Å². The molecule has 0 aliphatic heterocycles. The van der Waals surface area contributed by atoms with Crippen LogP contribution in [0.25, 0.3) is 0 Å². The third-order valence-corrected chi connectivity index (χ3v) is 2.69. The summed E-state index contributed by atoms with van der Waals surface area (Å²) in [6.07, 6.45) is 0.874. The van der Waals surface area contributed by atoms with E-state index in [1.54, 1.807) is 24.3 Å². The number of rotatable bonds is 4. The molecule has 0 radical (unpaired) electrons. The molecule has 3 nitrogen and oxygen atoms in total. The first-order chi connectivity index (χ1) is 7.17. The Morgan fingerprint density at radius 3 is 2.47 bits per heavy atom. The van der Waals surface area contributed by atoms with Crippen LogP contribution in [-0.2, 0) is 4.74 Å². The topological polar surface area (TPSA) is 35.5 Å². The minimum absolute atomic E-state index is 0.00137. The summed E-state index contributed by atoms with van der Waals surface area (Å²) < 4.78 is 10.1. The highest BCUT2D eigenvalue weighted by atomic mass is 79.9. The van der Waals surface area contributed by atoms with Crippen molar-refractivity contribution in [2.45, 2.75) is 18.4 Å². The van der Waals surface area contributed by atoms with Gasteiger partial charge in [0.05, 0.1) is 12.7 Å². The molecule has 1 aromatic rings. The Bertz CT molecular complexity index is 321. The van der Waals surface area contributed by atoms with Gasteiger partial charge in [-0.05, 0) is 46.6 Å². The maximum atomic E-state index is 11.1. The second kappa shape index (κ2) is 5.75. The number of hydrogen-bond donors (Lipinski definition) is 0. The first-order valence-corrected chi connectivity index (χ1v) is 5.58. The van der Waals surface area contributed by atoms with Gasteiger partial charge < -0.3 is 9.47 Å². The van der Waals surface area contributed by atoms with Crippen molar-refractivity contribution < 1.29 is 14.3 Å². The molecule has 0 heterocycles. The summed E-state index contributed by atoms with van der Waals surface area (Å²) in [5.74, 6) is 0.388. The number of hydrogen-bond acceptors (Lipinski definition) is 3. The Morgan fingerprint density at radius 1 is 1.40 bits per heavy atom. The summed E-state index contributed by atoms with van der Waals surface area (Å²) in [6.45, 7) is 2.02. The predicted octanol–water partition coefficient (Wildman–Crippen LogP) is 2.98. The van der Waals surface area contributed by atoms with E-state index >= 15 is 0 Å². The largest absolute Gasteiger partial charge is 0.479 e. The maximum Gasteiger partial charge on any atom is 0.337 e. The van der Waals surface area contributed by atoms with Crippen LogP contribution in [0.5, 0.6) is 5.75 Å². The molecule has 4 heteroatoms. The molecule has 0 N–H and O–H groups in total. The van der Waals surface area contributed by atoms with E-state index in [1.165, 1.54) is 7.11 Å². The average Bonchev–Trinajstić information content (AvgIpc) is 2.29. The van der Waals surface area contributed by atoms with Crippen molar-refractivity contribution in [3.63, 3.8) is 0 Å². The van der Waals surface area contributed by atoms with Crippen molar-refractivity contribution in [1.82, 2.24) is 0 Å². The Kier molecular flexibility index (Phi) is 4.62. The molecule has 0 amide bonds. The van der Waals surface area contributed by atoms with Gasteiger partial charge in [-0.15, -0.1) is 0 Å². The highest BCUT2D eigenvalue weighted by Crippen LogP contribution is 2.17. The molecule has 0 aromatic heterocycles. The van der Waals surface area contributed by atoms with E-state index < -0.39 is 0 Å². The molecule has 15 heavy (non-hydrogen) atoms. The molecular formula is C11H13BrO3. The van der Waals surface area contributed by atoms with Crippen LogP contribution in [0.3, 0.4) is 0 Å². The highest BCUT2D eigenvalue weighted by molar-refractivity contribution is 9.09. The summed E-state index contributed by atoms with van der Waals surface area (Å²) in [6, 6.07) is 6.85. The molecule has 1 atom stereocenters. The fourth-order valence-electron chi connectivity index (χ4n) is 1.02. The number of ether oxygens (including phenoxy) is 2. The lowest BCUT2D eigenvalue weighted by atomic mass is 10.2. The van der Waals surface area contributed by atoms with Gasteiger partial charge in [-0.1, -0.05) is 6.92 Å². The molecule has 0 fully saturated rings. The number of carbonyl (C=O) groups is 1. The zero-order chi connectivity index (χ0) is 11.3. The molecule has 1 unspecified atom stereocenters. The number of benzene rings is 1. The molecular weight excluding hydrogens is 260 g/mol. The van der Waals surface area contributed by atoms with Crippen molar-refractivity contribution in [3.05, 3.63) is 29.8 Å². The third-order valence-electron chi connectivity index (χ3n) is 1.86. The van der Waals surface area contributed by atoms with Crippen molar-refractivity contribution in [1.29, 1.82) is 0 Å². The Labute approximate surface area is 97.5 Å². The molecule has 0 saturated carbocycles. The van der Waals surface area contributed by atoms with Gasteiger partial charge in [-0.25, -0.2) is 4.79 Å². The van der Waals surface area contributed by atoms with Crippen LogP contribution >= 0.6 is 15.9 Å². The van der Waals surface area contributed by atoms with Crippen molar-refractivity contribution in [2.24, 2.45) is 0 Å². The van der Waals surface area contributed by atoms with E-state index in [2.05, 4.69) is 20.7 Å². The fraction of sp³-hybridized carbons (Fsp3) is 0.364. The van der Waals surface area contributed by atoms with Gasteiger partial charge >= 0.3 is 5.97 Å². The van der Waals surface area contributed by atoms with E-state index in [0.29, 0.717) is 5.56 Å². The number of carbonyl (C=O) groups excluding carboxylic acids is 1. The van der Waals surface area contributed by atoms with Crippen molar-refractivity contribution in [3.8, 4) is 5.75 Å². The van der Waals surface area contributed by atoms with Gasteiger partial charge in [-0.2, -0.15) is 0 Å². The smallest absolute Gasteiger partial charge is 0.337 e. The van der Waals surface area contributed by atoms with E-state index in [0.717, 1.165) is 12.2 Å². The summed E-state index contributed by atoms with van der Waals surface area (Å²) in [5, 5.41) is 0.00137. The zero-order valence-corrected chi connectivity index (χ0v) is 10.3. The van der Waals surface area contributed by atoms with Gasteiger partial charge in [0.25, 0.3) is 0 Å². The Hall–Kier alpha value is -1.03. The predicted molar refractivity (Wildman–Crippen MR) is 61.4 cm³/mol. The monoisotopic (exact) mass is 272 g/mol. The zero-order valence-electron chi connectivity index (χ0n) is 8.70. The normalized spacial score (nSPS) is 11.9. The Morgan fingerprint density at radius 2 is 2.00 bits per heavy atom.